The molecule has 0 heterocycles. The summed E-state index contributed by atoms with van der Waals surface area (Å²) in [4.78, 5) is 24.1. The minimum Gasteiger partial charge on any atom is -0.490 e. The van der Waals surface area contributed by atoms with Crippen LogP contribution in [0.15, 0.2) is 28.7 Å². The van der Waals surface area contributed by atoms with Crippen LogP contribution < -0.4 is 9.47 Å². The van der Waals surface area contributed by atoms with Gasteiger partial charge in [-0.15, -0.1) is 0 Å². The second-order valence-corrected chi connectivity index (χ2v) is 7.30. The number of rotatable bonds is 9. The Hall–Kier alpha value is -2.35. The lowest BCUT2D eigenvalue weighted by molar-refractivity contribution is -0.136. The average molecular weight is 384 g/mol. The number of sulfone groups is 1. The Labute approximate surface area is 153 Å². The van der Waals surface area contributed by atoms with E-state index >= 15 is 0 Å². The number of hydrogen-bond donors (Lipinski definition) is 0. The average Bonchev–Trinajstić information content (AvgIpc) is 2.59. The molecule has 0 aliphatic rings. The van der Waals surface area contributed by atoms with Crippen molar-refractivity contribution in [1.29, 1.82) is 0 Å². The number of hydrogen-bond acceptors (Lipinski definition) is 7. The monoisotopic (exact) mass is 384 g/mol. The molecule has 0 aliphatic heterocycles. The molecule has 7 nitrogen and oxygen atoms in total. The van der Waals surface area contributed by atoms with Gasteiger partial charge in [0.15, 0.2) is 27.1 Å². The first kappa shape index (κ1) is 21.7. The van der Waals surface area contributed by atoms with Gasteiger partial charge in [0.1, 0.15) is 4.90 Å². The molecule has 0 atom stereocenters. The van der Waals surface area contributed by atoms with Crippen molar-refractivity contribution < 1.29 is 32.2 Å². The Bertz CT molecular complexity index is 807. The SMILES string of the molecule is CCOc1cc(C(=O)C=C(CC)C(=O)OC)cc(S(C)(=O)=O)c1OCC. The number of allylic oxidation sites excluding steroid dienone is 1. The molecular formula is C18H24O7S. The van der Waals surface area contributed by atoms with Crippen LogP contribution in [0.3, 0.4) is 0 Å². The number of benzene rings is 1. The summed E-state index contributed by atoms with van der Waals surface area (Å²) in [5.74, 6) is -0.910. The molecular weight excluding hydrogens is 360 g/mol. The molecule has 0 bridgehead atoms. The molecule has 0 saturated heterocycles. The number of ether oxygens (including phenoxy) is 3. The van der Waals surface area contributed by atoms with E-state index in [1.165, 1.54) is 19.2 Å². The molecule has 0 radical (unpaired) electrons. The number of esters is 1. The predicted octanol–water partition coefficient (Wildman–Crippen LogP) is 2.58. The van der Waals surface area contributed by atoms with Crippen LogP contribution in [0.25, 0.3) is 0 Å². The highest BCUT2D eigenvalue weighted by Gasteiger charge is 2.23. The van der Waals surface area contributed by atoms with Crippen LogP contribution >= 0.6 is 0 Å². The lowest BCUT2D eigenvalue weighted by atomic mass is 10.1. The minimum atomic E-state index is -3.68. The van der Waals surface area contributed by atoms with E-state index in [1.807, 2.05) is 0 Å². The summed E-state index contributed by atoms with van der Waals surface area (Å²) in [7, 11) is -2.45. The second kappa shape index (κ2) is 9.38. The van der Waals surface area contributed by atoms with Crippen LogP contribution in [0.4, 0.5) is 0 Å². The topological polar surface area (TPSA) is 96.0 Å². The summed E-state index contributed by atoms with van der Waals surface area (Å²) in [6.45, 7) is 5.66. The smallest absolute Gasteiger partial charge is 0.333 e. The summed E-state index contributed by atoms with van der Waals surface area (Å²) in [5, 5.41) is 0. The number of carbonyl (C=O) groups is 2. The van der Waals surface area contributed by atoms with E-state index < -0.39 is 21.6 Å². The number of methoxy groups -OCH3 is 1. The maximum absolute atomic E-state index is 12.6. The van der Waals surface area contributed by atoms with Crippen molar-refractivity contribution in [3.8, 4) is 11.5 Å². The molecule has 0 fully saturated rings. The molecule has 1 aromatic carbocycles. The van der Waals surface area contributed by atoms with E-state index in [4.69, 9.17) is 9.47 Å². The molecule has 26 heavy (non-hydrogen) atoms. The van der Waals surface area contributed by atoms with Gasteiger partial charge in [-0.2, -0.15) is 0 Å². The van der Waals surface area contributed by atoms with E-state index in [1.54, 1.807) is 20.8 Å². The van der Waals surface area contributed by atoms with Gasteiger partial charge in [0.2, 0.25) is 0 Å². The fourth-order valence-electron chi connectivity index (χ4n) is 2.22. The van der Waals surface area contributed by atoms with Crippen molar-refractivity contribution in [3.63, 3.8) is 0 Å². The fraction of sp³-hybridized carbons (Fsp3) is 0.444. The van der Waals surface area contributed by atoms with E-state index in [9.17, 15) is 18.0 Å². The highest BCUT2D eigenvalue weighted by molar-refractivity contribution is 7.90. The van der Waals surface area contributed by atoms with Gasteiger partial charge in [0.25, 0.3) is 0 Å². The van der Waals surface area contributed by atoms with Crippen LogP contribution in [-0.4, -0.2) is 46.7 Å². The Morgan fingerprint density at radius 2 is 1.69 bits per heavy atom. The van der Waals surface area contributed by atoms with E-state index in [2.05, 4.69) is 4.74 Å². The predicted molar refractivity (Wildman–Crippen MR) is 96.6 cm³/mol. The van der Waals surface area contributed by atoms with Crippen LogP contribution in [0.2, 0.25) is 0 Å². The van der Waals surface area contributed by atoms with Gasteiger partial charge in [-0.05, 0) is 38.5 Å². The van der Waals surface area contributed by atoms with Crippen molar-refractivity contribution in [2.24, 2.45) is 0 Å². The van der Waals surface area contributed by atoms with Crippen molar-refractivity contribution >= 4 is 21.6 Å². The van der Waals surface area contributed by atoms with Crippen LogP contribution in [-0.2, 0) is 19.4 Å². The maximum Gasteiger partial charge on any atom is 0.333 e. The van der Waals surface area contributed by atoms with E-state index in [-0.39, 0.29) is 40.7 Å². The van der Waals surface area contributed by atoms with Gasteiger partial charge in [-0.25, -0.2) is 13.2 Å². The second-order valence-electron chi connectivity index (χ2n) is 5.32. The summed E-state index contributed by atoms with van der Waals surface area (Å²) in [5.41, 5.74) is 0.262. The maximum atomic E-state index is 12.6. The molecule has 0 unspecified atom stereocenters. The van der Waals surface area contributed by atoms with E-state index in [0.29, 0.717) is 6.42 Å². The standard InChI is InChI=1S/C18H24O7S/c1-6-12(18(20)23-4)9-14(19)13-10-15(24-7-2)17(25-8-3)16(11-13)26(5,21)22/h9-11H,6-8H2,1-5H3. The zero-order valence-corrected chi connectivity index (χ0v) is 16.4. The normalized spacial score (nSPS) is 11.8. The molecule has 0 saturated carbocycles. The number of ketones is 1. The zero-order valence-electron chi connectivity index (χ0n) is 15.6. The zero-order chi connectivity index (χ0) is 19.9. The van der Waals surface area contributed by atoms with Crippen molar-refractivity contribution in [2.75, 3.05) is 26.6 Å². The Morgan fingerprint density at radius 3 is 2.15 bits per heavy atom. The highest BCUT2D eigenvalue weighted by atomic mass is 32.2. The summed E-state index contributed by atoms with van der Waals surface area (Å²) in [6.07, 6.45) is 2.46. The van der Waals surface area contributed by atoms with Crippen LogP contribution in [0.1, 0.15) is 37.6 Å². The van der Waals surface area contributed by atoms with Crippen molar-refractivity contribution in [2.45, 2.75) is 32.1 Å². The Kier molecular flexibility index (Phi) is 7.82. The number of carbonyl (C=O) groups excluding carboxylic acids is 2. The van der Waals surface area contributed by atoms with Crippen LogP contribution in [0, 0.1) is 0 Å². The third kappa shape index (κ3) is 5.32. The van der Waals surface area contributed by atoms with Gasteiger partial charge < -0.3 is 14.2 Å². The molecule has 0 N–H and O–H groups in total. The molecule has 1 rings (SSSR count). The van der Waals surface area contributed by atoms with Gasteiger partial charge in [-0.3, -0.25) is 4.79 Å². The molecule has 0 amide bonds. The first-order valence-corrected chi connectivity index (χ1v) is 10.1. The Morgan fingerprint density at radius 1 is 1.08 bits per heavy atom. The Balaban J connectivity index is 3.58. The quantitative estimate of drug-likeness (QED) is 0.367. The fourth-order valence-corrected chi connectivity index (χ4v) is 3.06. The van der Waals surface area contributed by atoms with Gasteiger partial charge in [-0.1, -0.05) is 6.92 Å². The molecule has 0 spiro atoms. The largest absolute Gasteiger partial charge is 0.490 e. The van der Waals surface area contributed by atoms with Gasteiger partial charge in [0.05, 0.1) is 20.3 Å². The minimum absolute atomic E-state index is 0.0704. The molecule has 8 heteroatoms. The summed E-state index contributed by atoms with van der Waals surface area (Å²) < 4.78 is 39.8. The third-order valence-corrected chi connectivity index (χ3v) is 4.53. The van der Waals surface area contributed by atoms with Gasteiger partial charge in [0, 0.05) is 17.4 Å². The van der Waals surface area contributed by atoms with Crippen molar-refractivity contribution in [3.05, 3.63) is 29.3 Å². The summed E-state index contributed by atoms with van der Waals surface area (Å²) in [6, 6.07) is 2.64. The van der Waals surface area contributed by atoms with Crippen molar-refractivity contribution in [1.82, 2.24) is 0 Å². The molecule has 1 aromatic rings. The highest BCUT2D eigenvalue weighted by Crippen LogP contribution is 2.36. The molecule has 144 valence electrons. The van der Waals surface area contributed by atoms with Crippen LogP contribution in [0.5, 0.6) is 11.5 Å². The lowest BCUT2D eigenvalue weighted by Gasteiger charge is -2.15. The molecule has 0 aliphatic carbocycles. The first-order chi connectivity index (χ1) is 12.2. The van der Waals surface area contributed by atoms with Gasteiger partial charge >= 0.3 is 5.97 Å². The first-order valence-electron chi connectivity index (χ1n) is 8.16. The summed E-state index contributed by atoms with van der Waals surface area (Å²) >= 11 is 0. The lowest BCUT2D eigenvalue weighted by Crippen LogP contribution is -2.10. The third-order valence-electron chi connectivity index (χ3n) is 3.43. The van der Waals surface area contributed by atoms with E-state index in [0.717, 1.165) is 12.3 Å². The molecule has 0 aromatic heterocycles.